The molecule has 25 heavy (non-hydrogen) atoms. The van der Waals surface area contributed by atoms with Gasteiger partial charge < -0.3 is 19.9 Å². The number of hydrogen-bond acceptors (Lipinski definition) is 4. The zero-order chi connectivity index (χ0) is 17.6. The molecule has 136 valence electrons. The van der Waals surface area contributed by atoms with E-state index < -0.39 is 0 Å². The maximum absolute atomic E-state index is 12.5. The third kappa shape index (κ3) is 4.48. The lowest BCUT2D eigenvalue weighted by Gasteiger charge is -2.34. The molecule has 3 heterocycles. The van der Waals surface area contributed by atoms with Gasteiger partial charge in [-0.1, -0.05) is 0 Å². The van der Waals surface area contributed by atoms with Crippen molar-refractivity contribution in [1.82, 2.24) is 14.8 Å². The van der Waals surface area contributed by atoms with Crippen molar-refractivity contribution in [3.63, 3.8) is 0 Å². The zero-order valence-electron chi connectivity index (χ0n) is 14.7. The smallest absolute Gasteiger partial charge is 0.319 e. The number of ether oxygens (including phenoxy) is 1. The van der Waals surface area contributed by atoms with Gasteiger partial charge in [0.25, 0.3) is 0 Å². The molecule has 0 bridgehead atoms. The molecule has 2 aliphatic rings. The number of aromatic nitrogens is 1. The topological polar surface area (TPSA) is 74.8 Å². The van der Waals surface area contributed by atoms with E-state index in [-0.39, 0.29) is 17.9 Å². The lowest BCUT2D eigenvalue weighted by atomic mass is 9.96. The van der Waals surface area contributed by atoms with Crippen LogP contribution in [0.25, 0.3) is 0 Å². The van der Waals surface area contributed by atoms with Gasteiger partial charge in [-0.05, 0) is 43.4 Å². The van der Waals surface area contributed by atoms with E-state index in [2.05, 4.69) is 10.3 Å². The van der Waals surface area contributed by atoms with Gasteiger partial charge in [0.15, 0.2) is 0 Å². The fraction of sp³-hybridized carbons (Fsp3) is 0.611. The first kappa shape index (κ1) is 17.7. The van der Waals surface area contributed by atoms with E-state index in [1.165, 1.54) is 0 Å². The van der Waals surface area contributed by atoms with E-state index in [1.807, 2.05) is 21.9 Å². The summed E-state index contributed by atoms with van der Waals surface area (Å²) in [4.78, 5) is 32.9. The molecule has 2 saturated heterocycles. The van der Waals surface area contributed by atoms with Gasteiger partial charge in [-0.15, -0.1) is 0 Å². The number of carbonyl (C=O) groups excluding carboxylic acids is 2. The number of methoxy groups -OCH3 is 1. The Hall–Kier alpha value is -2.15. The van der Waals surface area contributed by atoms with Gasteiger partial charge in [0.1, 0.15) is 5.82 Å². The van der Waals surface area contributed by atoms with Crippen LogP contribution in [0.2, 0.25) is 0 Å². The van der Waals surface area contributed by atoms with Crippen molar-refractivity contribution in [2.45, 2.75) is 32.3 Å². The van der Waals surface area contributed by atoms with Crippen LogP contribution in [0.3, 0.4) is 0 Å². The van der Waals surface area contributed by atoms with Gasteiger partial charge >= 0.3 is 6.03 Å². The number of nitrogens with one attached hydrogen (secondary N) is 1. The number of urea groups is 1. The van der Waals surface area contributed by atoms with Gasteiger partial charge in [-0.2, -0.15) is 0 Å². The molecule has 3 amide bonds. The van der Waals surface area contributed by atoms with Gasteiger partial charge in [-0.25, -0.2) is 9.78 Å². The maximum atomic E-state index is 12.5. The number of carbonyl (C=O) groups is 2. The molecule has 7 heteroatoms. The molecule has 0 spiro atoms. The molecule has 0 radical (unpaired) electrons. The number of piperidine rings is 1. The average Bonchev–Trinajstić information content (AvgIpc) is 3.16. The van der Waals surface area contributed by atoms with Crippen LogP contribution < -0.4 is 5.32 Å². The highest BCUT2D eigenvalue weighted by Crippen LogP contribution is 2.21. The Labute approximate surface area is 148 Å². The van der Waals surface area contributed by atoms with E-state index in [9.17, 15) is 9.59 Å². The molecule has 0 aromatic carbocycles. The molecule has 0 unspecified atom stereocenters. The van der Waals surface area contributed by atoms with Crippen molar-refractivity contribution in [1.29, 1.82) is 0 Å². The number of amides is 3. The van der Waals surface area contributed by atoms with Crippen LogP contribution in [-0.2, 0) is 16.1 Å². The molecule has 0 atom stereocenters. The summed E-state index contributed by atoms with van der Waals surface area (Å²) in [5.74, 6) is 0.459. The molecule has 2 fully saturated rings. The Morgan fingerprint density at radius 2 is 1.88 bits per heavy atom. The lowest BCUT2D eigenvalue weighted by Crippen LogP contribution is -2.47. The normalized spacial score (nSPS) is 18.4. The van der Waals surface area contributed by atoms with Crippen molar-refractivity contribution in [2.75, 3.05) is 38.6 Å². The molecule has 1 N–H and O–H groups in total. The number of rotatable bonds is 4. The highest BCUT2D eigenvalue weighted by molar-refractivity contribution is 5.92. The summed E-state index contributed by atoms with van der Waals surface area (Å²) in [6.45, 7) is 3.50. The molecule has 3 rings (SSSR count). The molecule has 7 nitrogen and oxygen atoms in total. The van der Waals surface area contributed by atoms with Gasteiger partial charge in [0.2, 0.25) is 5.91 Å². The van der Waals surface area contributed by atoms with Gasteiger partial charge in [0, 0.05) is 45.4 Å². The molecule has 0 aliphatic carbocycles. The summed E-state index contributed by atoms with van der Waals surface area (Å²) >= 11 is 0. The first-order chi connectivity index (χ1) is 12.2. The second-order valence-corrected chi connectivity index (χ2v) is 6.71. The fourth-order valence-corrected chi connectivity index (χ4v) is 3.47. The Bertz CT molecular complexity index is 608. The predicted octanol–water partition coefficient (Wildman–Crippen LogP) is 2.09. The van der Waals surface area contributed by atoms with Crippen molar-refractivity contribution >= 4 is 17.8 Å². The summed E-state index contributed by atoms with van der Waals surface area (Å²) in [5, 5.41) is 2.89. The number of hydrogen-bond donors (Lipinski definition) is 1. The van der Waals surface area contributed by atoms with Gasteiger partial charge in [-0.3, -0.25) is 4.79 Å². The molecule has 1 aromatic heterocycles. The van der Waals surface area contributed by atoms with Crippen LogP contribution in [0.1, 0.15) is 31.2 Å². The van der Waals surface area contributed by atoms with Crippen molar-refractivity contribution in [3.8, 4) is 0 Å². The van der Waals surface area contributed by atoms with E-state index >= 15 is 0 Å². The number of nitrogens with zero attached hydrogens (tertiary/aromatic N) is 3. The summed E-state index contributed by atoms with van der Waals surface area (Å²) in [6, 6.07) is 3.82. The largest absolute Gasteiger partial charge is 0.380 e. The Kier molecular flexibility index (Phi) is 5.86. The standard InChI is InChI=1S/C18H26N4O3/c1-25-13-14-4-7-19-16(12-14)20-17(23)15-5-10-22(11-6-15)18(24)21-8-2-3-9-21/h4,7,12,15H,2-3,5-6,8-11,13H2,1H3,(H,19,20,23). The number of likely N-dealkylation sites (tertiary alicyclic amines) is 2. The summed E-state index contributed by atoms with van der Waals surface area (Å²) in [6.07, 6.45) is 5.26. The molecular formula is C18H26N4O3. The molecule has 2 aliphatic heterocycles. The first-order valence-corrected chi connectivity index (χ1v) is 8.96. The zero-order valence-corrected chi connectivity index (χ0v) is 14.7. The van der Waals surface area contributed by atoms with E-state index in [1.54, 1.807) is 13.3 Å². The summed E-state index contributed by atoms with van der Waals surface area (Å²) in [7, 11) is 1.63. The van der Waals surface area contributed by atoms with E-state index in [4.69, 9.17) is 4.74 Å². The highest BCUT2D eigenvalue weighted by atomic mass is 16.5. The monoisotopic (exact) mass is 346 g/mol. The minimum absolute atomic E-state index is 0.0182. The van der Waals surface area contributed by atoms with Crippen LogP contribution in [0.4, 0.5) is 10.6 Å². The minimum atomic E-state index is -0.0736. The summed E-state index contributed by atoms with van der Waals surface area (Å²) < 4.78 is 5.10. The maximum Gasteiger partial charge on any atom is 0.319 e. The van der Waals surface area contributed by atoms with Crippen molar-refractivity contribution in [2.24, 2.45) is 5.92 Å². The Morgan fingerprint density at radius 1 is 1.20 bits per heavy atom. The third-order valence-electron chi connectivity index (χ3n) is 4.90. The molecule has 1 aromatic rings. The van der Waals surface area contributed by atoms with Crippen LogP contribution in [0.15, 0.2) is 18.3 Å². The average molecular weight is 346 g/mol. The van der Waals surface area contributed by atoms with Crippen LogP contribution in [0, 0.1) is 5.92 Å². The van der Waals surface area contributed by atoms with Crippen molar-refractivity contribution < 1.29 is 14.3 Å². The van der Waals surface area contributed by atoms with Crippen LogP contribution in [-0.4, -0.2) is 60.0 Å². The second kappa shape index (κ2) is 8.29. The predicted molar refractivity (Wildman–Crippen MR) is 94.1 cm³/mol. The lowest BCUT2D eigenvalue weighted by molar-refractivity contribution is -0.121. The minimum Gasteiger partial charge on any atom is -0.380 e. The Morgan fingerprint density at radius 3 is 2.56 bits per heavy atom. The SMILES string of the molecule is COCc1ccnc(NC(=O)C2CCN(C(=O)N3CCCC3)CC2)c1. The van der Waals surface area contributed by atoms with Crippen LogP contribution in [0.5, 0.6) is 0 Å². The van der Waals surface area contributed by atoms with Crippen molar-refractivity contribution in [3.05, 3.63) is 23.9 Å². The molecular weight excluding hydrogens is 320 g/mol. The Balaban J connectivity index is 1.49. The number of pyridine rings is 1. The second-order valence-electron chi connectivity index (χ2n) is 6.71. The fourth-order valence-electron chi connectivity index (χ4n) is 3.47. The van der Waals surface area contributed by atoms with Crippen LogP contribution >= 0.6 is 0 Å². The third-order valence-corrected chi connectivity index (χ3v) is 4.90. The van der Waals surface area contributed by atoms with E-state index in [0.29, 0.717) is 38.4 Å². The number of anilines is 1. The highest BCUT2D eigenvalue weighted by Gasteiger charge is 2.30. The summed E-state index contributed by atoms with van der Waals surface area (Å²) in [5.41, 5.74) is 0.971. The van der Waals surface area contributed by atoms with Gasteiger partial charge in [0.05, 0.1) is 6.61 Å². The molecule has 0 saturated carbocycles. The first-order valence-electron chi connectivity index (χ1n) is 8.96. The quantitative estimate of drug-likeness (QED) is 0.906. The van der Waals surface area contributed by atoms with E-state index in [0.717, 1.165) is 31.5 Å².